The van der Waals surface area contributed by atoms with E-state index in [0.717, 1.165) is 5.82 Å². The van der Waals surface area contributed by atoms with Gasteiger partial charge in [-0.25, -0.2) is 13.4 Å². The molecular weight excluding hydrogens is 238 g/mol. The number of rotatable bonds is 5. The zero-order chi connectivity index (χ0) is 13.3. The molecule has 0 fully saturated rings. The number of hydrogen-bond donors (Lipinski definition) is 1. The standard InChI is InChI=1S/C11H21N3O2S/c1-11(2,17(5,15)16)9(12-3)8-10-13-6-7-14(10)4/h6-7,9,12H,8H2,1-5H3. The summed E-state index contributed by atoms with van der Waals surface area (Å²) >= 11 is 0. The molecule has 0 radical (unpaired) electrons. The molecular formula is C11H21N3O2S. The molecule has 0 aliphatic heterocycles. The van der Waals surface area contributed by atoms with Crippen molar-refractivity contribution >= 4 is 9.84 Å². The quantitative estimate of drug-likeness (QED) is 0.830. The molecule has 1 heterocycles. The first kappa shape index (κ1) is 14.2. The van der Waals surface area contributed by atoms with Gasteiger partial charge in [0.15, 0.2) is 9.84 Å². The summed E-state index contributed by atoms with van der Waals surface area (Å²) in [5.74, 6) is 0.876. The summed E-state index contributed by atoms with van der Waals surface area (Å²) in [5.41, 5.74) is 0. The molecule has 1 aromatic heterocycles. The van der Waals surface area contributed by atoms with Gasteiger partial charge in [0, 0.05) is 38.2 Å². The van der Waals surface area contributed by atoms with E-state index in [4.69, 9.17) is 0 Å². The van der Waals surface area contributed by atoms with Crippen molar-refractivity contribution in [2.45, 2.75) is 31.1 Å². The fourth-order valence-electron chi connectivity index (χ4n) is 1.73. The molecule has 0 bridgehead atoms. The average molecular weight is 259 g/mol. The van der Waals surface area contributed by atoms with Gasteiger partial charge in [-0.15, -0.1) is 0 Å². The van der Waals surface area contributed by atoms with Crippen LogP contribution in [0.4, 0.5) is 0 Å². The van der Waals surface area contributed by atoms with Gasteiger partial charge in [-0.2, -0.15) is 0 Å². The summed E-state index contributed by atoms with van der Waals surface area (Å²) in [4.78, 5) is 4.23. The molecule has 0 spiro atoms. The second-order valence-electron chi connectivity index (χ2n) is 4.88. The Morgan fingerprint density at radius 1 is 1.53 bits per heavy atom. The Hall–Kier alpha value is -0.880. The summed E-state index contributed by atoms with van der Waals surface area (Å²) in [6.07, 6.45) is 5.43. The number of imidazole rings is 1. The number of nitrogens with one attached hydrogen (secondary N) is 1. The topological polar surface area (TPSA) is 64.0 Å². The van der Waals surface area contributed by atoms with Crippen molar-refractivity contribution in [3.05, 3.63) is 18.2 Å². The molecule has 0 saturated heterocycles. The van der Waals surface area contributed by atoms with Crippen molar-refractivity contribution in [3.8, 4) is 0 Å². The van der Waals surface area contributed by atoms with Gasteiger partial charge in [0.2, 0.25) is 0 Å². The van der Waals surface area contributed by atoms with E-state index in [9.17, 15) is 8.42 Å². The molecule has 5 nitrogen and oxygen atoms in total. The summed E-state index contributed by atoms with van der Waals surface area (Å²) in [6.45, 7) is 3.49. The Morgan fingerprint density at radius 2 is 2.12 bits per heavy atom. The largest absolute Gasteiger partial charge is 0.338 e. The minimum absolute atomic E-state index is 0.168. The van der Waals surface area contributed by atoms with Crippen LogP contribution in [0, 0.1) is 0 Å². The molecule has 0 saturated carbocycles. The van der Waals surface area contributed by atoms with Crippen LogP contribution in [0.1, 0.15) is 19.7 Å². The van der Waals surface area contributed by atoms with E-state index in [-0.39, 0.29) is 6.04 Å². The van der Waals surface area contributed by atoms with E-state index >= 15 is 0 Å². The Balaban J connectivity index is 2.98. The van der Waals surface area contributed by atoms with Gasteiger partial charge in [-0.3, -0.25) is 0 Å². The van der Waals surface area contributed by atoms with Crippen LogP contribution < -0.4 is 5.32 Å². The van der Waals surface area contributed by atoms with Crippen LogP contribution in [-0.4, -0.2) is 42.1 Å². The van der Waals surface area contributed by atoms with Crippen LogP contribution in [0.25, 0.3) is 0 Å². The number of sulfone groups is 1. The van der Waals surface area contributed by atoms with Crippen LogP contribution >= 0.6 is 0 Å². The molecule has 1 aromatic rings. The molecule has 17 heavy (non-hydrogen) atoms. The van der Waals surface area contributed by atoms with Crippen molar-refractivity contribution in [2.24, 2.45) is 7.05 Å². The predicted molar refractivity (Wildman–Crippen MR) is 68.7 cm³/mol. The Bertz CT molecular complexity index is 477. The molecule has 1 N–H and O–H groups in total. The Morgan fingerprint density at radius 3 is 2.47 bits per heavy atom. The van der Waals surface area contributed by atoms with Crippen LogP contribution in [0.5, 0.6) is 0 Å². The monoisotopic (exact) mass is 259 g/mol. The average Bonchev–Trinajstić information content (AvgIpc) is 2.58. The third kappa shape index (κ3) is 2.87. The molecule has 98 valence electrons. The van der Waals surface area contributed by atoms with Crippen molar-refractivity contribution in [1.82, 2.24) is 14.9 Å². The first-order valence-electron chi connectivity index (χ1n) is 5.53. The van der Waals surface area contributed by atoms with E-state index in [0.29, 0.717) is 6.42 Å². The third-order valence-electron chi connectivity index (χ3n) is 3.45. The molecule has 1 rings (SSSR count). The lowest BCUT2D eigenvalue weighted by Gasteiger charge is -2.32. The van der Waals surface area contributed by atoms with Gasteiger partial charge < -0.3 is 9.88 Å². The van der Waals surface area contributed by atoms with Gasteiger partial charge in [0.1, 0.15) is 5.82 Å². The van der Waals surface area contributed by atoms with Gasteiger partial charge in [-0.1, -0.05) is 0 Å². The van der Waals surface area contributed by atoms with E-state index in [1.54, 1.807) is 27.1 Å². The maximum Gasteiger partial charge on any atom is 0.154 e. The highest BCUT2D eigenvalue weighted by Crippen LogP contribution is 2.22. The molecule has 0 aliphatic carbocycles. The van der Waals surface area contributed by atoms with E-state index in [1.165, 1.54) is 6.26 Å². The number of likely N-dealkylation sites (N-methyl/N-ethyl adjacent to an activating group) is 1. The SMILES string of the molecule is CNC(Cc1nccn1C)C(C)(C)S(C)(=O)=O. The molecule has 1 unspecified atom stereocenters. The second-order valence-corrected chi connectivity index (χ2v) is 7.47. The normalized spacial score (nSPS) is 14.9. The fraction of sp³-hybridized carbons (Fsp3) is 0.727. The minimum atomic E-state index is -3.13. The summed E-state index contributed by atoms with van der Waals surface area (Å²) in [5, 5.41) is 3.08. The zero-order valence-corrected chi connectivity index (χ0v) is 11.9. The summed E-state index contributed by atoms with van der Waals surface area (Å²) < 4.78 is 24.7. The highest BCUT2D eigenvalue weighted by Gasteiger charge is 2.38. The lowest BCUT2D eigenvalue weighted by molar-refractivity contribution is 0.421. The van der Waals surface area contributed by atoms with Gasteiger partial charge in [0.05, 0.1) is 4.75 Å². The lowest BCUT2D eigenvalue weighted by atomic mass is 10.00. The number of nitrogens with zero attached hydrogens (tertiary/aromatic N) is 2. The molecule has 1 atom stereocenters. The van der Waals surface area contributed by atoms with Crippen molar-refractivity contribution in [1.29, 1.82) is 0 Å². The van der Waals surface area contributed by atoms with Gasteiger partial charge in [-0.05, 0) is 20.9 Å². The molecule has 0 amide bonds. The third-order valence-corrected chi connectivity index (χ3v) is 5.65. The number of hydrogen-bond acceptors (Lipinski definition) is 4. The smallest absolute Gasteiger partial charge is 0.154 e. The fourth-order valence-corrected chi connectivity index (χ4v) is 2.45. The minimum Gasteiger partial charge on any atom is -0.338 e. The molecule has 0 aromatic carbocycles. The van der Waals surface area contributed by atoms with Crippen LogP contribution in [0.15, 0.2) is 12.4 Å². The maximum absolute atomic E-state index is 11.8. The summed E-state index contributed by atoms with van der Waals surface area (Å²) in [7, 11) is 0.554. The van der Waals surface area contributed by atoms with Crippen molar-refractivity contribution < 1.29 is 8.42 Å². The second kappa shape index (κ2) is 4.78. The van der Waals surface area contributed by atoms with Crippen LogP contribution in [-0.2, 0) is 23.3 Å². The zero-order valence-electron chi connectivity index (χ0n) is 11.1. The van der Waals surface area contributed by atoms with E-state index in [2.05, 4.69) is 10.3 Å². The van der Waals surface area contributed by atoms with E-state index in [1.807, 2.05) is 17.8 Å². The van der Waals surface area contributed by atoms with E-state index < -0.39 is 14.6 Å². The molecule has 0 aliphatic rings. The summed E-state index contributed by atoms with van der Waals surface area (Å²) in [6, 6.07) is -0.168. The number of aromatic nitrogens is 2. The predicted octanol–water partition coefficient (Wildman–Crippen LogP) is 0.374. The molecule has 6 heteroatoms. The van der Waals surface area contributed by atoms with Crippen LogP contribution in [0.3, 0.4) is 0 Å². The van der Waals surface area contributed by atoms with Crippen molar-refractivity contribution in [2.75, 3.05) is 13.3 Å². The first-order valence-corrected chi connectivity index (χ1v) is 7.42. The van der Waals surface area contributed by atoms with Crippen LogP contribution in [0.2, 0.25) is 0 Å². The number of aryl methyl sites for hydroxylation is 1. The highest BCUT2D eigenvalue weighted by atomic mass is 32.2. The Kier molecular flexibility index (Phi) is 3.99. The first-order chi connectivity index (χ1) is 7.70. The van der Waals surface area contributed by atoms with Crippen molar-refractivity contribution in [3.63, 3.8) is 0 Å². The highest BCUT2D eigenvalue weighted by molar-refractivity contribution is 7.92. The lowest BCUT2D eigenvalue weighted by Crippen LogP contribution is -2.51. The van der Waals surface area contributed by atoms with Gasteiger partial charge in [0.25, 0.3) is 0 Å². The van der Waals surface area contributed by atoms with Gasteiger partial charge >= 0.3 is 0 Å². The maximum atomic E-state index is 11.8. The Labute approximate surface area is 103 Å².